The van der Waals surface area contributed by atoms with E-state index < -0.39 is 53.9 Å². The van der Waals surface area contributed by atoms with Gasteiger partial charge in [0.2, 0.25) is 5.91 Å². The molecule has 9 nitrogen and oxygen atoms in total. The van der Waals surface area contributed by atoms with E-state index in [1.54, 1.807) is 12.1 Å². The van der Waals surface area contributed by atoms with Gasteiger partial charge >= 0.3 is 18.3 Å². The first-order valence-corrected chi connectivity index (χ1v) is 14.1. The first-order chi connectivity index (χ1) is 21.6. The Labute approximate surface area is 263 Å². The molecule has 0 aliphatic heterocycles. The molecule has 2 aromatic carbocycles. The van der Waals surface area contributed by atoms with Crippen molar-refractivity contribution in [2.24, 2.45) is 7.05 Å². The van der Waals surface area contributed by atoms with Crippen LogP contribution >= 0.6 is 0 Å². The zero-order chi connectivity index (χ0) is 35.1. The van der Waals surface area contributed by atoms with E-state index in [0.717, 1.165) is 22.5 Å². The van der Waals surface area contributed by atoms with E-state index in [4.69, 9.17) is 14.3 Å². The van der Waals surface area contributed by atoms with Crippen LogP contribution in [0, 0.1) is 18.3 Å². The number of benzene rings is 2. The smallest absolute Gasteiger partial charge is 0.475 e. The number of aromatic nitrogens is 2. The lowest BCUT2D eigenvalue weighted by molar-refractivity contribution is -0.192. The summed E-state index contributed by atoms with van der Waals surface area (Å²) in [4.78, 5) is 26.4. The van der Waals surface area contributed by atoms with Gasteiger partial charge < -0.3 is 19.4 Å². The molecule has 47 heavy (non-hydrogen) atoms. The third-order valence-corrected chi connectivity index (χ3v) is 7.50. The largest absolute Gasteiger partial charge is 0.490 e. The SMILES string of the molecule is Cc1nc(-c2ccc3oc4cc(C(NC(CC(C)(C)F)C(=O)NC5(C#N)CC5)C(F)(F)F)ccc4c3c2)cn1C.O=C(O)C(F)(F)F. The Balaban J connectivity index is 0.000000644. The zero-order valence-electron chi connectivity index (χ0n) is 25.5. The highest BCUT2D eigenvalue weighted by Gasteiger charge is 2.48. The zero-order valence-corrected chi connectivity index (χ0v) is 25.5. The number of amides is 1. The molecule has 2 heterocycles. The van der Waals surface area contributed by atoms with E-state index in [9.17, 15) is 40.8 Å². The summed E-state index contributed by atoms with van der Waals surface area (Å²) in [6.07, 6.45) is -7.73. The Hall–Kier alpha value is -4.65. The van der Waals surface area contributed by atoms with Crippen LogP contribution in [0.25, 0.3) is 33.2 Å². The Kier molecular flexibility index (Phi) is 9.37. The van der Waals surface area contributed by atoms with Crippen molar-refractivity contribution in [2.45, 2.75) is 75.7 Å². The number of alkyl halides is 7. The monoisotopic (exact) mass is 669 g/mol. The van der Waals surface area contributed by atoms with Gasteiger partial charge in [-0.05, 0) is 63.4 Å². The first-order valence-electron chi connectivity index (χ1n) is 14.1. The number of hydrogen-bond donors (Lipinski definition) is 3. The molecular weight excluding hydrogens is 639 g/mol. The predicted molar refractivity (Wildman–Crippen MR) is 156 cm³/mol. The first kappa shape index (κ1) is 35.2. The van der Waals surface area contributed by atoms with Gasteiger partial charge in [0.1, 0.15) is 34.2 Å². The number of nitrogens with zero attached hydrogens (tertiary/aromatic N) is 3. The maximum atomic E-state index is 14.6. The number of furan rings is 1. The van der Waals surface area contributed by atoms with E-state index in [1.165, 1.54) is 26.0 Å². The summed E-state index contributed by atoms with van der Waals surface area (Å²) < 4.78 is 97.3. The average molecular weight is 670 g/mol. The molecule has 0 spiro atoms. The molecule has 3 N–H and O–H groups in total. The van der Waals surface area contributed by atoms with Gasteiger partial charge in [-0.1, -0.05) is 12.1 Å². The lowest BCUT2D eigenvalue weighted by atomic mass is 9.96. The lowest BCUT2D eigenvalue weighted by Crippen LogP contribution is -2.53. The molecule has 4 aromatic rings. The quantitative estimate of drug-likeness (QED) is 0.176. The van der Waals surface area contributed by atoms with E-state index in [1.807, 2.05) is 42.9 Å². The minimum Gasteiger partial charge on any atom is -0.475 e. The number of hydrogen-bond acceptors (Lipinski definition) is 6. The Bertz CT molecular complexity index is 1820. The second-order valence-electron chi connectivity index (χ2n) is 12.0. The van der Waals surface area contributed by atoms with Crippen molar-refractivity contribution in [2.75, 3.05) is 0 Å². The highest BCUT2D eigenvalue weighted by molar-refractivity contribution is 6.06. The van der Waals surface area contributed by atoms with Crippen LogP contribution in [0.4, 0.5) is 30.7 Å². The van der Waals surface area contributed by atoms with Gasteiger partial charge in [0, 0.05) is 36.0 Å². The molecular formula is C31H30F7N5O4. The molecule has 1 amide bonds. The summed E-state index contributed by atoms with van der Waals surface area (Å²) in [5.41, 5.74) is -0.888. The number of carbonyl (C=O) groups excluding carboxylic acids is 1. The average Bonchev–Trinajstić information content (AvgIpc) is 3.51. The van der Waals surface area contributed by atoms with Gasteiger partial charge in [0.25, 0.3) is 0 Å². The van der Waals surface area contributed by atoms with Gasteiger partial charge in [-0.3, -0.25) is 10.1 Å². The molecule has 1 aliphatic carbocycles. The van der Waals surface area contributed by atoms with Crippen molar-refractivity contribution in [1.29, 1.82) is 5.26 Å². The summed E-state index contributed by atoms with van der Waals surface area (Å²) in [7, 11) is 1.89. The highest BCUT2D eigenvalue weighted by Crippen LogP contribution is 2.39. The predicted octanol–water partition coefficient (Wildman–Crippen LogP) is 6.80. The van der Waals surface area contributed by atoms with Crippen molar-refractivity contribution in [3.05, 3.63) is 54.0 Å². The van der Waals surface area contributed by atoms with Gasteiger partial charge in [-0.2, -0.15) is 31.6 Å². The van der Waals surface area contributed by atoms with E-state index in [2.05, 4.69) is 15.6 Å². The maximum absolute atomic E-state index is 14.6. The number of aliphatic carboxylic acids is 1. The van der Waals surface area contributed by atoms with E-state index in [-0.39, 0.29) is 11.1 Å². The van der Waals surface area contributed by atoms with E-state index in [0.29, 0.717) is 23.8 Å². The lowest BCUT2D eigenvalue weighted by Gasteiger charge is -2.30. The summed E-state index contributed by atoms with van der Waals surface area (Å²) >= 11 is 0. The van der Waals surface area contributed by atoms with Gasteiger partial charge in [-0.25, -0.2) is 14.2 Å². The number of carbonyl (C=O) groups is 2. The van der Waals surface area contributed by atoms with Crippen LogP contribution in [-0.2, 0) is 16.6 Å². The van der Waals surface area contributed by atoms with Crippen LogP contribution in [-0.4, -0.2) is 56.1 Å². The summed E-state index contributed by atoms with van der Waals surface area (Å²) in [6.45, 7) is 4.27. The molecule has 16 heteroatoms. The summed E-state index contributed by atoms with van der Waals surface area (Å²) in [5, 5.41) is 22.6. The van der Waals surface area contributed by atoms with Crippen LogP contribution in [0.1, 0.15) is 50.5 Å². The number of carboxylic acid groups (broad SMARTS) is 1. The van der Waals surface area contributed by atoms with E-state index >= 15 is 0 Å². The fourth-order valence-electron chi connectivity index (χ4n) is 4.84. The molecule has 0 bridgehead atoms. The molecule has 1 fully saturated rings. The van der Waals surface area contributed by atoms with Gasteiger partial charge in [0.15, 0.2) is 0 Å². The highest BCUT2D eigenvalue weighted by atomic mass is 19.4. The van der Waals surface area contributed by atoms with Crippen molar-refractivity contribution < 1.29 is 49.8 Å². The Morgan fingerprint density at radius 2 is 1.70 bits per heavy atom. The second-order valence-corrected chi connectivity index (χ2v) is 12.0. The molecule has 1 saturated carbocycles. The molecule has 0 radical (unpaired) electrons. The van der Waals surface area contributed by atoms with Crippen LogP contribution in [0.2, 0.25) is 0 Å². The molecule has 2 unspecified atom stereocenters. The number of imidazole rings is 1. The van der Waals surface area contributed by atoms with Gasteiger partial charge in [0.05, 0.1) is 17.8 Å². The van der Waals surface area contributed by atoms with Crippen molar-refractivity contribution >= 4 is 33.8 Å². The third-order valence-electron chi connectivity index (χ3n) is 7.50. The number of nitriles is 1. The molecule has 252 valence electrons. The normalized spacial score (nSPS) is 15.8. The second kappa shape index (κ2) is 12.5. The Morgan fingerprint density at radius 3 is 2.19 bits per heavy atom. The number of halogens is 7. The van der Waals surface area contributed by atoms with Crippen LogP contribution < -0.4 is 10.6 Å². The minimum atomic E-state index is -5.08. The number of aryl methyl sites for hydroxylation is 2. The third kappa shape index (κ3) is 8.39. The number of nitrogens with one attached hydrogen (secondary N) is 2. The molecule has 0 saturated heterocycles. The molecule has 5 rings (SSSR count). The fourth-order valence-corrected chi connectivity index (χ4v) is 4.84. The Morgan fingerprint density at radius 1 is 1.06 bits per heavy atom. The summed E-state index contributed by atoms with van der Waals surface area (Å²) in [5.74, 6) is -2.76. The standard InChI is InChI=1S/C29H29F4N5O2.C2HF3O2/c1-16-35-22(14-38(16)4)17-6-8-23-20(11-17)19-7-5-18(12-24(19)40-23)25(29(31,32)33)36-21(13-27(2,3)30)26(39)37-28(15-34)9-10-28;3-2(4,5)1(6)7/h5-8,11-12,14,21,25,36H,9-10,13H2,1-4H3,(H,37,39);(H,6,7). The summed E-state index contributed by atoms with van der Waals surface area (Å²) in [6, 6.07) is 7.79. The van der Waals surface area contributed by atoms with Crippen molar-refractivity contribution in [3.8, 4) is 17.3 Å². The topological polar surface area (TPSA) is 133 Å². The number of carboxylic acids is 1. The minimum absolute atomic E-state index is 0.185. The van der Waals surface area contributed by atoms with Crippen LogP contribution in [0.5, 0.6) is 0 Å². The van der Waals surface area contributed by atoms with Crippen LogP contribution in [0.3, 0.4) is 0 Å². The number of rotatable bonds is 8. The molecule has 2 aromatic heterocycles. The molecule has 2 atom stereocenters. The van der Waals surface area contributed by atoms with Crippen LogP contribution in [0.15, 0.2) is 47.0 Å². The van der Waals surface area contributed by atoms with Crippen molar-refractivity contribution in [1.82, 2.24) is 20.2 Å². The molecule has 1 aliphatic rings. The number of fused-ring (bicyclic) bond motifs is 3. The van der Waals surface area contributed by atoms with Crippen molar-refractivity contribution in [3.63, 3.8) is 0 Å². The maximum Gasteiger partial charge on any atom is 0.490 e. The fraction of sp³-hybridized carbons (Fsp3) is 0.419. The van der Waals surface area contributed by atoms with Gasteiger partial charge in [-0.15, -0.1) is 0 Å².